The van der Waals surface area contributed by atoms with Gasteiger partial charge in [-0.05, 0) is 48.0 Å². The standard InChI is InChI=1S/C24H21FN2O2S/c1-29-20-11-9-19(10-12-20)26-24(28)16-30-23-15-27(22-8-3-2-7-21(22)23)14-17-5-4-6-18(25)13-17/h2-13,15H,14,16H2,1H3,(H,26,28). The Labute approximate surface area is 178 Å². The molecule has 0 aliphatic rings. The molecule has 1 amide bonds. The van der Waals surface area contributed by atoms with Gasteiger partial charge in [0.2, 0.25) is 5.91 Å². The number of ether oxygens (including phenoxy) is 1. The first-order chi connectivity index (χ1) is 14.6. The Morgan fingerprint density at radius 3 is 2.63 bits per heavy atom. The van der Waals surface area contributed by atoms with Crippen LogP contribution in [0.25, 0.3) is 10.9 Å². The summed E-state index contributed by atoms with van der Waals surface area (Å²) in [6.07, 6.45) is 2.03. The van der Waals surface area contributed by atoms with Crippen LogP contribution in [0.2, 0.25) is 0 Å². The number of hydrogen-bond acceptors (Lipinski definition) is 3. The number of carbonyl (C=O) groups is 1. The molecular weight excluding hydrogens is 399 g/mol. The molecular formula is C24H21FN2O2S. The highest BCUT2D eigenvalue weighted by molar-refractivity contribution is 8.00. The fourth-order valence-electron chi connectivity index (χ4n) is 3.31. The molecule has 0 fully saturated rings. The maximum absolute atomic E-state index is 13.6. The number of halogens is 1. The topological polar surface area (TPSA) is 43.3 Å². The van der Waals surface area contributed by atoms with Crippen LogP contribution in [0.1, 0.15) is 5.56 Å². The zero-order valence-corrected chi connectivity index (χ0v) is 17.3. The smallest absolute Gasteiger partial charge is 0.234 e. The van der Waals surface area contributed by atoms with Crippen molar-refractivity contribution in [3.8, 4) is 5.75 Å². The van der Waals surface area contributed by atoms with Gasteiger partial charge < -0.3 is 14.6 Å². The van der Waals surface area contributed by atoms with E-state index in [4.69, 9.17) is 4.74 Å². The molecule has 152 valence electrons. The van der Waals surface area contributed by atoms with Crippen molar-refractivity contribution in [3.63, 3.8) is 0 Å². The molecule has 4 nitrogen and oxygen atoms in total. The maximum atomic E-state index is 13.6. The van der Waals surface area contributed by atoms with Crippen molar-refractivity contribution >= 4 is 34.3 Å². The fourth-order valence-corrected chi connectivity index (χ4v) is 4.19. The molecule has 30 heavy (non-hydrogen) atoms. The largest absolute Gasteiger partial charge is 0.497 e. The van der Waals surface area contributed by atoms with E-state index in [1.54, 1.807) is 19.2 Å². The molecule has 1 N–H and O–H groups in total. The van der Waals surface area contributed by atoms with E-state index in [-0.39, 0.29) is 11.7 Å². The molecule has 0 aliphatic carbocycles. The van der Waals surface area contributed by atoms with E-state index in [9.17, 15) is 9.18 Å². The normalized spacial score (nSPS) is 10.9. The van der Waals surface area contributed by atoms with Crippen LogP contribution in [0.15, 0.2) is 83.9 Å². The molecule has 6 heteroatoms. The third kappa shape index (κ3) is 4.66. The third-order valence-corrected chi connectivity index (χ3v) is 5.77. The van der Waals surface area contributed by atoms with Crippen molar-refractivity contribution in [1.82, 2.24) is 4.57 Å². The Morgan fingerprint density at radius 1 is 1.07 bits per heavy atom. The lowest BCUT2D eigenvalue weighted by molar-refractivity contribution is -0.113. The van der Waals surface area contributed by atoms with E-state index in [0.717, 1.165) is 32.8 Å². The average Bonchev–Trinajstić information content (AvgIpc) is 3.10. The number of fused-ring (bicyclic) bond motifs is 1. The maximum Gasteiger partial charge on any atom is 0.234 e. The first-order valence-electron chi connectivity index (χ1n) is 9.51. The summed E-state index contributed by atoms with van der Waals surface area (Å²) in [6, 6.07) is 21.9. The number of nitrogens with one attached hydrogen (secondary N) is 1. The number of hydrogen-bond donors (Lipinski definition) is 1. The molecule has 1 aromatic heterocycles. The zero-order valence-electron chi connectivity index (χ0n) is 16.5. The summed E-state index contributed by atoms with van der Waals surface area (Å²) in [5.41, 5.74) is 2.68. The number of nitrogens with zero attached hydrogens (tertiary/aromatic N) is 1. The van der Waals surface area contributed by atoms with E-state index < -0.39 is 0 Å². The van der Waals surface area contributed by atoms with E-state index in [1.807, 2.05) is 60.8 Å². The number of para-hydroxylation sites is 1. The molecule has 0 radical (unpaired) electrons. The minimum Gasteiger partial charge on any atom is -0.497 e. The van der Waals surface area contributed by atoms with Gasteiger partial charge in [0.1, 0.15) is 11.6 Å². The number of aromatic nitrogens is 1. The van der Waals surface area contributed by atoms with Crippen molar-refractivity contribution < 1.29 is 13.9 Å². The van der Waals surface area contributed by atoms with Crippen LogP contribution in [0.5, 0.6) is 5.75 Å². The molecule has 0 saturated carbocycles. The predicted octanol–water partition coefficient (Wildman–Crippen LogP) is 5.57. The zero-order chi connectivity index (χ0) is 20.9. The minimum absolute atomic E-state index is 0.0767. The molecule has 0 atom stereocenters. The van der Waals surface area contributed by atoms with Crippen molar-refractivity contribution in [2.24, 2.45) is 0 Å². The van der Waals surface area contributed by atoms with Gasteiger partial charge in [-0.25, -0.2) is 4.39 Å². The van der Waals surface area contributed by atoms with Crippen molar-refractivity contribution in [3.05, 3.63) is 90.4 Å². The second-order valence-electron chi connectivity index (χ2n) is 6.83. The SMILES string of the molecule is COc1ccc(NC(=O)CSc2cn(Cc3cccc(F)c3)c3ccccc23)cc1. The van der Waals surface area contributed by atoms with Crippen molar-refractivity contribution in [1.29, 1.82) is 0 Å². The lowest BCUT2D eigenvalue weighted by Crippen LogP contribution is -2.13. The van der Waals surface area contributed by atoms with Gasteiger partial charge in [-0.15, -0.1) is 11.8 Å². The van der Waals surface area contributed by atoms with Gasteiger partial charge >= 0.3 is 0 Å². The highest BCUT2D eigenvalue weighted by atomic mass is 32.2. The summed E-state index contributed by atoms with van der Waals surface area (Å²) in [5, 5.41) is 3.98. The van der Waals surface area contributed by atoms with Gasteiger partial charge in [0.15, 0.2) is 0 Å². The minimum atomic E-state index is -0.242. The number of benzene rings is 3. The number of amides is 1. The summed E-state index contributed by atoms with van der Waals surface area (Å²) >= 11 is 1.49. The molecule has 0 saturated heterocycles. The van der Waals surface area contributed by atoms with Crippen LogP contribution in [0, 0.1) is 5.82 Å². The molecule has 3 aromatic carbocycles. The van der Waals surface area contributed by atoms with Crippen LogP contribution in [-0.2, 0) is 11.3 Å². The van der Waals surface area contributed by atoms with E-state index >= 15 is 0 Å². The Balaban J connectivity index is 1.47. The molecule has 0 unspecified atom stereocenters. The van der Waals surface area contributed by atoms with E-state index in [2.05, 4.69) is 9.88 Å². The van der Waals surface area contributed by atoms with Crippen molar-refractivity contribution in [2.75, 3.05) is 18.2 Å². The Kier molecular flexibility index (Phi) is 6.05. The first-order valence-corrected chi connectivity index (χ1v) is 10.5. The summed E-state index contributed by atoms with van der Waals surface area (Å²) in [7, 11) is 1.61. The summed E-state index contributed by atoms with van der Waals surface area (Å²) in [6.45, 7) is 0.566. The second-order valence-corrected chi connectivity index (χ2v) is 7.85. The van der Waals surface area contributed by atoms with Gasteiger partial charge in [0.05, 0.1) is 12.9 Å². The lowest BCUT2D eigenvalue weighted by atomic mass is 10.2. The van der Waals surface area contributed by atoms with Gasteiger partial charge in [-0.1, -0.05) is 30.3 Å². The van der Waals surface area contributed by atoms with Gasteiger partial charge in [0.25, 0.3) is 0 Å². The van der Waals surface area contributed by atoms with Crippen LogP contribution in [0.3, 0.4) is 0 Å². The van der Waals surface area contributed by atoms with E-state index in [0.29, 0.717) is 12.3 Å². The Bertz CT molecular complexity index is 1170. The molecule has 1 heterocycles. The quantitative estimate of drug-likeness (QED) is 0.398. The van der Waals surface area contributed by atoms with Crippen LogP contribution in [-0.4, -0.2) is 23.3 Å². The fraction of sp³-hybridized carbons (Fsp3) is 0.125. The highest BCUT2D eigenvalue weighted by Gasteiger charge is 2.11. The molecule has 4 aromatic rings. The highest BCUT2D eigenvalue weighted by Crippen LogP contribution is 2.30. The summed E-state index contributed by atoms with van der Waals surface area (Å²) in [4.78, 5) is 13.4. The molecule has 0 spiro atoms. The lowest BCUT2D eigenvalue weighted by Gasteiger charge is -2.06. The van der Waals surface area contributed by atoms with Gasteiger partial charge in [-0.3, -0.25) is 4.79 Å². The number of methoxy groups -OCH3 is 1. The van der Waals surface area contributed by atoms with Gasteiger partial charge in [-0.2, -0.15) is 0 Å². The predicted molar refractivity (Wildman–Crippen MR) is 120 cm³/mol. The number of thioether (sulfide) groups is 1. The first kappa shape index (κ1) is 20.0. The van der Waals surface area contributed by atoms with Gasteiger partial charge in [0, 0.05) is 34.2 Å². The number of carbonyl (C=O) groups excluding carboxylic acids is 1. The molecule has 0 aliphatic heterocycles. The van der Waals surface area contributed by atoms with Crippen LogP contribution >= 0.6 is 11.8 Å². The summed E-state index contributed by atoms with van der Waals surface area (Å²) < 4.78 is 20.8. The van der Waals surface area contributed by atoms with Crippen LogP contribution < -0.4 is 10.1 Å². The monoisotopic (exact) mass is 420 g/mol. The second kappa shape index (κ2) is 9.05. The number of rotatable bonds is 7. The Morgan fingerprint density at radius 2 is 1.87 bits per heavy atom. The summed E-state index contributed by atoms with van der Waals surface area (Å²) in [5.74, 6) is 0.717. The number of anilines is 1. The van der Waals surface area contributed by atoms with E-state index in [1.165, 1.54) is 17.8 Å². The van der Waals surface area contributed by atoms with Crippen molar-refractivity contribution in [2.45, 2.75) is 11.4 Å². The molecule has 4 rings (SSSR count). The third-order valence-electron chi connectivity index (χ3n) is 4.73. The molecule has 0 bridgehead atoms. The average molecular weight is 421 g/mol. The van der Waals surface area contributed by atoms with Crippen LogP contribution in [0.4, 0.5) is 10.1 Å². The Hall–Kier alpha value is -3.25.